The van der Waals surface area contributed by atoms with Crippen LogP contribution in [0.3, 0.4) is 0 Å². The first kappa shape index (κ1) is 16.2. The van der Waals surface area contributed by atoms with Gasteiger partial charge in [-0.3, -0.25) is 15.0 Å². The summed E-state index contributed by atoms with van der Waals surface area (Å²) in [7, 11) is 0. The molecule has 0 saturated heterocycles. The molecule has 0 aliphatic carbocycles. The lowest BCUT2D eigenvalue weighted by Crippen LogP contribution is -2.33. The minimum atomic E-state index is -0.389. The van der Waals surface area contributed by atoms with Gasteiger partial charge >= 0.3 is 0 Å². The van der Waals surface area contributed by atoms with Gasteiger partial charge in [0.05, 0.1) is 0 Å². The van der Waals surface area contributed by atoms with Crippen molar-refractivity contribution in [3.63, 3.8) is 0 Å². The molecule has 110 valence electrons. The second-order valence-electron chi connectivity index (χ2n) is 4.85. The molecule has 5 heteroatoms. The van der Waals surface area contributed by atoms with Gasteiger partial charge in [0, 0.05) is 24.2 Å². The summed E-state index contributed by atoms with van der Waals surface area (Å²) in [6, 6.07) is 5.10. The molecule has 0 atom stereocenters. The molecule has 0 unspecified atom stereocenters. The number of nitrogens with two attached hydrogens (primary N) is 1. The van der Waals surface area contributed by atoms with Crippen molar-refractivity contribution in [3.8, 4) is 0 Å². The fourth-order valence-electron chi connectivity index (χ4n) is 2.16. The monoisotopic (exact) mass is 277 g/mol. The smallest absolute Gasteiger partial charge is 0.265 e. The van der Waals surface area contributed by atoms with Crippen molar-refractivity contribution in [1.82, 2.24) is 10.3 Å². The molecule has 0 aliphatic rings. The highest BCUT2D eigenvalue weighted by atomic mass is 16.2. The van der Waals surface area contributed by atoms with Crippen LogP contribution in [-0.2, 0) is 0 Å². The van der Waals surface area contributed by atoms with Crippen molar-refractivity contribution in [2.24, 2.45) is 5.84 Å². The summed E-state index contributed by atoms with van der Waals surface area (Å²) in [6.45, 7) is 7.38. The Balaban J connectivity index is 3.07. The Morgan fingerprint density at radius 2 is 1.65 bits per heavy atom. The van der Waals surface area contributed by atoms with Gasteiger partial charge in [-0.1, -0.05) is 13.8 Å². The van der Waals surface area contributed by atoms with Gasteiger partial charge in [-0.15, -0.1) is 0 Å². The SMILES string of the molecule is CCCN(CCC)C(=O)c1cc(C)cc(C(=O)NN)c1. The predicted molar refractivity (Wildman–Crippen MR) is 79.3 cm³/mol. The van der Waals surface area contributed by atoms with E-state index < -0.39 is 0 Å². The molecule has 0 spiro atoms. The molecule has 0 radical (unpaired) electrons. The molecule has 1 rings (SSSR count). The zero-order valence-electron chi connectivity index (χ0n) is 12.4. The van der Waals surface area contributed by atoms with Crippen LogP contribution in [0.5, 0.6) is 0 Å². The van der Waals surface area contributed by atoms with Crippen LogP contribution in [0, 0.1) is 6.92 Å². The fourth-order valence-corrected chi connectivity index (χ4v) is 2.16. The zero-order valence-corrected chi connectivity index (χ0v) is 12.4. The Morgan fingerprint density at radius 3 is 2.15 bits per heavy atom. The van der Waals surface area contributed by atoms with Gasteiger partial charge in [0.1, 0.15) is 0 Å². The molecule has 0 heterocycles. The van der Waals surface area contributed by atoms with Crippen LogP contribution in [-0.4, -0.2) is 29.8 Å². The number of hydrogen-bond acceptors (Lipinski definition) is 3. The summed E-state index contributed by atoms with van der Waals surface area (Å²) in [5.74, 6) is 4.71. The molecule has 0 aromatic heterocycles. The number of hydrazine groups is 1. The number of carbonyl (C=O) groups is 2. The van der Waals surface area contributed by atoms with E-state index in [0.717, 1.165) is 31.5 Å². The Bertz CT molecular complexity index is 480. The number of carbonyl (C=O) groups excluding carboxylic acids is 2. The highest BCUT2D eigenvalue weighted by Gasteiger charge is 2.16. The van der Waals surface area contributed by atoms with Gasteiger partial charge in [-0.2, -0.15) is 0 Å². The first-order valence-electron chi connectivity index (χ1n) is 6.95. The van der Waals surface area contributed by atoms with E-state index in [1.807, 2.05) is 25.7 Å². The van der Waals surface area contributed by atoms with E-state index in [1.54, 1.807) is 18.2 Å². The number of amides is 2. The first-order valence-corrected chi connectivity index (χ1v) is 6.95. The lowest BCUT2D eigenvalue weighted by atomic mass is 10.0. The van der Waals surface area contributed by atoms with Crippen molar-refractivity contribution in [2.75, 3.05) is 13.1 Å². The number of rotatable bonds is 6. The molecule has 0 aliphatic heterocycles. The average Bonchev–Trinajstić information content (AvgIpc) is 2.44. The topological polar surface area (TPSA) is 75.4 Å². The van der Waals surface area contributed by atoms with Gasteiger partial charge < -0.3 is 4.90 Å². The third kappa shape index (κ3) is 4.06. The molecule has 3 N–H and O–H groups in total. The lowest BCUT2D eigenvalue weighted by molar-refractivity contribution is 0.0755. The molecule has 20 heavy (non-hydrogen) atoms. The average molecular weight is 277 g/mol. The van der Waals surface area contributed by atoms with Crippen LogP contribution in [0.4, 0.5) is 0 Å². The first-order chi connectivity index (χ1) is 9.53. The predicted octanol–water partition coefficient (Wildman–Crippen LogP) is 1.86. The van der Waals surface area contributed by atoms with Crippen molar-refractivity contribution in [3.05, 3.63) is 34.9 Å². The Hall–Kier alpha value is -1.88. The third-order valence-corrected chi connectivity index (χ3v) is 2.99. The molecular formula is C15H23N3O2. The van der Waals surface area contributed by atoms with E-state index in [-0.39, 0.29) is 11.8 Å². The standard InChI is InChI=1S/C15H23N3O2/c1-4-6-18(7-5-2)15(20)13-9-11(3)8-12(10-13)14(19)17-16/h8-10H,4-7,16H2,1-3H3,(H,17,19). The molecule has 1 aromatic rings. The largest absolute Gasteiger partial charge is 0.339 e. The minimum Gasteiger partial charge on any atom is -0.339 e. The molecule has 0 saturated carbocycles. The summed E-state index contributed by atoms with van der Waals surface area (Å²) in [6.07, 6.45) is 1.82. The number of nitrogens with zero attached hydrogens (tertiary/aromatic N) is 1. The zero-order chi connectivity index (χ0) is 15.1. The van der Waals surface area contributed by atoms with Crippen LogP contribution in [0.1, 0.15) is 53.0 Å². The molecule has 2 amide bonds. The second-order valence-corrected chi connectivity index (χ2v) is 4.85. The normalized spacial score (nSPS) is 10.2. The minimum absolute atomic E-state index is 0.0385. The summed E-state index contributed by atoms with van der Waals surface area (Å²) in [4.78, 5) is 25.9. The van der Waals surface area contributed by atoms with Gasteiger partial charge in [-0.25, -0.2) is 5.84 Å². The summed E-state index contributed by atoms with van der Waals surface area (Å²) in [5.41, 5.74) is 3.89. The highest BCUT2D eigenvalue weighted by molar-refractivity contribution is 5.99. The Kier molecular flexibility index (Phi) is 6.18. The number of benzene rings is 1. The van der Waals surface area contributed by atoms with E-state index in [1.165, 1.54) is 0 Å². The molecule has 0 fully saturated rings. The number of hydrogen-bond donors (Lipinski definition) is 2. The van der Waals surface area contributed by atoms with Crippen LogP contribution in [0.25, 0.3) is 0 Å². The van der Waals surface area contributed by atoms with Crippen LogP contribution < -0.4 is 11.3 Å². The summed E-state index contributed by atoms with van der Waals surface area (Å²) in [5, 5.41) is 0. The van der Waals surface area contributed by atoms with Crippen LogP contribution in [0.15, 0.2) is 18.2 Å². The Morgan fingerprint density at radius 1 is 1.10 bits per heavy atom. The van der Waals surface area contributed by atoms with Gasteiger partial charge in [0.25, 0.3) is 11.8 Å². The summed E-state index contributed by atoms with van der Waals surface area (Å²) < 4.78 is 0. The van der Waals surface area contributed by atoms with Gasteiger partial charge in [-0.05, 0) is 43.5 Å². The van der Waals surface area contributed by atoms with E-state index >= 15 is 0 Å². The van der Waals surface area contributed by atoms with E-state index in [9.17, 15) is 9.59 Å². The van der Waals surface area contributed by atoms with Crippen molar-refractivity contribution < 1.29 is 9.59 Å². The molecule has 0 bridgehead atoms. The van der Waals surface area contributed by atoms with Gasteiger partial charge in [0.2, 0.25) is 0 Å². The fraction of sp³-hybridized carbons (Fsp3) is 0.467. The van der Waals surface area contributed by atoms with Crippen LogP contribution in [0.2, 0.25) is 0 Å². The highest BCUT2D eigenvalue weighted by Crippen LogP contribution is 2.13. The maximum atomic E-state index is 12.5. The maximum absolute atomic E-state index is 12.5. The van der Waals surface area contributed by atoms with Crippen molar-refractivity contribution in [1.29, 1.82) is 0 Å². The quantitative estimate of drug-likeness (QED) is 0.473. The number of nitrogen functional groups attached to an aromatic ring is 1. The van der Waals surface area contributed by atoms with Crippen molar-refractivity contribution >= 4 is 11.8 Å². The molecular weight excluding hydrogens is 254 g/mol. The van der Waals surface area contributed by atoms with Crippen molar-refractivity contribution in [2.45, 2.75) is 33.6 Å². The maximum Gasteiger partial charge on any atom is 0.265 e. The third-order valence-electron chi connectivity index (χ3n) is 2.99. The van der Waals surface area contributed by atoms with E-state index in [4.69, 9.17) is 5.84 Å². The molecule has 1 aromatic carbocycles. The molecule has 5 nitrogen and oxygen atoms in total. The lowest BCUT2D eigenvalue weighted by Gasteiger charge is -2.22. The summed E-state index contributed by atoms with van der Waals surface area (Å²) >= 11 is 0. The Labute approximate surface area is 120 Å². The second kappa shape index (κ2) is 7.65. The number of nitrogens with one attached hydrogen (secondary N) is 1. The van der Waals surface area contributed by atoms with E-state index in [2.05, 4.69) is 5.43 Å². The number of aryl methyl sites for hydroxylation is 1. The van der Waals surface area contributed by atoms with E-state index in [0.29, 0.717) is 11.1 Å². The van der Waals surface area contributed by atoms with Gasteiger partial charge in [0.15, 0.2) is 0 Å². The van der Waals surface area contributed by atoms with Crippen LogP contribution >= 0.6 is 0 Å².